The van der Waals surface area contributed by atoms with Crippen LogP contribution in [0.3, 0.4) is 0 Å². The van der Waals surface area contributed by atoms with E-state index in [2.05, 4.69) is 5.10 Å². The van der Waals surface area contributed by atoms with Gasteiger partial charge in [0.15, 0.2) is 0 Å². The number of aromatic nitrogens is 2. The maximum atomic E-state index is 11.8. The molecule has 0 radical (unpaired) electrons. The average molecular weight is 206 g/mol. The Kier molecular flexibility index (Phi) is 2.93. The summed E-state index contributed by atoms with van der Waals surface area (Å²) in [6, 6.07) is 0. The molecule has 0 saturated heterocycles. The smallest absolute Gasteiger partial charge is 0.290 e. The summed E-state index contributed by atoms with van der Waals surface area (Å²) in [6.45, 7) is 0. The molecule has 0 aromatic carbocycles. The number of hydrogen-bond acceptors (Lipinski definition) is 2. The standard InChI is InChI=1S/C8H9F3N2O/c1-13-5-6(4-12-13)2-3-7(14)8(9,10)11/h4-5H,2-3H2,1H3. The monoisotopic (exact) mass is 206 g/mol. The van der Waals surface area contributed by atoms with Crippen molar-refractivity contribution in [3.63, 3.8) is 0 Å². The Balaban J connectivity index is 2.46. The zero-order valence-corrected chi connectivity index (χ0v) is 7.51. The summed E-state index contributed by atoms with van der Waals surface area (Å²) in [5.74, 6) is -1.69. The second kappa shape index (κ2) is 3.81. The molecule has 0 bridgehead atoms. The fraction of sp³-hybridized carbons (Fsp3) is 0.500. The van der Waals surface area contributed by atoms with Crippen LogP contribution < -0.4 is 0 Å². The van der Waals surface area contributed by atoms with Gasteiger partial charge in [0.2, 0.25) is 5.78 Å². The molecule has 0 fully saturated rings. The Labute approximate surface area is 78.5 Å². The van der Waals surface area contributed by atoms with Crippen molar-refractivity contribution in [2.24, 2.45) is 7.05 Å². The Morgan fingerprint density at radius 3 is 2.64 bits per heavy atom. The third kappa shape index (κ3) is 2.86. The minimum absolute atomic E-state index is 0.0756. The molecular formula is C8H9F3N2O. The fourth-order valence-electron chi connectivity index (χ4n) is 1.00. The molecule has 0 atom stereocenters. The van der Waals surface area contributed by atoms with Gasteiger partial charge in [-0.25, -0.2) is 0 Å². The molecule has 0 spiro atoms. The highest BCUT2D eigenvalue weighted by atomic mass is 19.4. The van der Waals surface area contributed by atoms with Crippen LogP contribution in [0.4, 0.5) is 13.2 Å². The minimum atomic E-state index is -4.72. The molecule has 1 aromatic heterocycles. The molecule has 0 saturated carbocycles. The van der Waals surface area contributed by atoms with E-state index in [4.69, 9.17) is 0 Å². The van der Waals surface area contributed by atoms with E-state index < -0.39 is 18.4 Å². The minimum Gasteiger partial charge on any atom is -0.290 e. The highest BCUT2D eigenvalue weighted by Crippen LogP contribution is 2.18. The Morgan fingerprint density at radius 2 is 2.21 bits per heavy atom. The van der Waals surface area contributed by atoms with Gasteiger partial charge in [-0.3, -0.25) is 9.48 Å². The first kappa shape index (κ1) is 10.7. The van der Waals surface area contributed by atoms with Crippen molar-refractivity contribution in [2.45, 2.75) is 19.0 Å². The van der Waals surface area contributed by atoms with Crippen molar-refractivity contribution in [3.05, 3.63) is 18.0 Å². The second-order valence-corrected chi connectivity index (χ2v) is 2.94. The van der Waals surface area contributed by atoms with Crippen molar-refractivity contribution < 1.29 is 18.0 Å². The number of hydrogen-bond donors (Lipinski definition) is 0. The van der Waals surface area contributed by atoms with Crippen LogP contribution in [-0.2, 0) is 18.3 Å². The van der Waals surface area contributed by atoms with E-state index in [0.29, 0.717) is 5.56 Å². The summed E-state index contributed by atoms with van der Waals surface area (Å²) in [5.41, 5.74) is 0.630. The van der Waals surface area contributed by atoms with E-state index in [1.54, 1.807) is 13.2 Å². The molecule has 0 aliphatic heterocycles. The number of ketones is 1. The number of carbonyl (C=O) groups excluding carboxylic acids is 1. The normalized spacial score (nSPS) is 11.7. The van der Waals surface area contributed by atoms with Gasteiger partial charge in [0.05, 0.1) is 6.20 Å². The molecule has 0 amide bonds. The van der Waals surface area contributed by atoms with Crippen LogP contribution in [0.5, 0.6) is 0 Å². The first-order valence-corrected chi connectivity index (χ1v) is 3.97. The van der Waals surface area contributed by atoms with E-state index in [9.17, 15) is 18.0 Å². The molecule has 14 heavy (non-hydrogen) atoms. The summed E-state index contributed by atoms with van der Waals surface area (Å²) in [4.78, 5) is 10.5. The Hall–Kier alpha value is -1.33. The molecule has 0 N–H and O–H groups in total. The molecule has 6 heteroatoms. The number of aryl methyl sites for hydroxylation is 2. The molecule has 0 aliphatic carbocycles. The lowest BCUT2D eigenvalue weighted by Crippen LogP contribution is -2.22. The number of alkyl halides is 3. The van der Waals surface area contributed by atoms with Crippen LogP contribution in [0.2, 0.25) is 0 Å². The summed E-state index contributed by atoms with van der Waals surface area (Å²) in [6.07, 6.45) is -2.13. The van der Waals surface area contributed by atoms with Gasteiger partial charge in [-0.15, -0.1) is 0 Å². The first-order chi connectivity index (χ1) is 6.39. The fourth-order valence-corrected chi connectivity index (χ4v) is 1.00. The van der Waals surface area contributed by atoms with E-state index >= 15 is 0 Å². The SMILES string of the molecule is Cn1cc(CCC(=O)C(F)(F)F)cn1. The maximum Gasteiger partial charge on any atom is 0.449 e. The van der Waals surface area contributed by atoms with Crippen molar-refractivity contribution in [1.29, 1.82) is 0 Å². The summed E-state index contributed by atoms with van der Waals surface area (Å²) in [5, 5.41) is 3.78. The van der Waals surface area contributed by atoms with Crippen LogP contribution in [0, 0.1) is 0 Å². The van der Waals surface area contributed by atoms with Gasteiger partial charge < -0.3 is 0 Å². The molecule has 0 aliphatic rings. The molecule has 3 nitrogen and oxygen atoms in total. The zero-order valence-electron chi connectivity index (χ0n) is 7.51. The van der Waals surface area contributed by atoms with Gasteiger partial charge in [-0.1, -0.05) is 0 Å². The molecule has 78 valence electrons. The Bertz CT molecular complexity index is 330. The van der Waals surface area contributed by atoms with E-state index in [-0.39, 0.29) is 6.42 Å². The summed E-state index contributed by atoms with van der Waals surface area (Å²) < 4.78 is 36.8. The predicted molar refractivity (Wildman–Crippen MR) is 42.6 cm³/mol. The predicted octanol–water partition coefficient (Wildman–Crippen LogP) is 1.48. The van der Waals surface area contributed by atoms with E-state index in [0.717, 1.165) is 0 Å². The van der Waals surface area contributed by atoms with Gasteiger partial charge in [0, 0.05) is 19.7 Å². The lowest BCUT2D eigenvalue weighted by Gasteiger charge is -2.02. The van der Waals surface area contributed by atoms with Crippen molar-refractivity contribution in [1.82, 2.24) is 9.78 Å². The molecular weight excluding hydrogens is 197 g/mol. The number of Topliss-reactive ketones (excluding diaryl/α,β-unsaturated/α-hetero) is 1. The van der Waals surface area contributed by atoms with Gasteiger partial charge >= 0.3 is 6.18 Å². The van der Waals surface area contributed by atoms with Crippen LogP contribution in [0.1, 0.15) is 12.0 Å². The van der Waals surface area contributed by atoms with Crippen LogP contribution >= 0.6 is 0 Å². The molecule has 1 heterocycles. The van der Waals surface area contributed by atoms with E-state index in [1.807, 2.05) is 0 Å². The lowest BCUT2D eigenvalue weighted by atomic mass is 10.1. The maximum absolute atomic E-state index is 11.8. The zero-order chi connectivity index (χ0) is 10.8. The van der Waals surface area contributed by atoms with Crippen molar-refractivity contribution in [2.75, 3.05) is 0 Å². The third-order valence-electron chi connectivity index (χ3n) is 1.72. The summed E-state index contributed by atoms with van der Waals surface area (Å²) in [7, 11) is 1.66. The van der Waals surface area contributed by atoms with Crippen LogP contribution in [-0.4, -0.2) is 21.7 Å². The number of rotatable bonds is 3. The van der Waals surface area contributed by atoms with Crippen molar-refractivity contribution in [3.8, 4) is 0 Å². The Morgan fingerprint density at radius 1 is 1.57 bits per heavy atom. The van der Waals surface area contributed by atoms with Gasteiger partial charge in [-0.05, 0) is 12.0 Å². The van der Waals surface area contributed by atoms with Gasteiger partial charge in [-0.2, -0.15) is 18.3 Å². The topological polar surface area (TPSA) is 34.9 Å². The van der Waals surface area contributed by atoms with Crippen LogP contribution in [0.15, 0.2) is 12.4 Å². The lowest BCUT2D eigenvalue weighted by molar-refractivity contribution is -0.171. The largest absolute Gasteiger partial charge is 0.449 e. The average Bonchev–Trinajstić information content (AvgIpc) is 2.45. The second-order valence-electron chi connectivity index (χ2n) is 2.94. The summed E-state index contributed by atoms with van der Waals surface area (Å²) >= 11 is 0. The number of halogens is 3. The first-order valence-electron chi connectivity index (χ1n) is 3.97. The highest BCUT2D eigenvalue weighted by Gasteiger charge is 2.37. The third-order valence-corrected chi connectivity index (χ3v) is 1.72. The molecule has 1 aromatic rings. The van der Waals surface area contributed by atoms with Crippen molar-refractivity contribution >= 4 is 5.78 Å². The quantitative estimate of drug-likeness (QED) is 0.750. The molecule has 0 unspecified atom stereocenters. The highest BCUT2D eigenvalue weighted by molar-refractivity contribution is 5.84. The van der Waals surface area contributed by atoms with Gasteiger partial charge in [0.25, 0.3) is 0 Å². The number of carbonyl (C=O) groups is 1. The van der Waals surface area contributed by atoms with Crippen LogP contribution in [0.25, 0.3) is 0 Å². The number of nitrogens with zero attached hydrogens (tertiary/aromatic N) is 2. The molecule has 1 rings (SSSR count). The van der Waals surface area contributed by atoms with E-state index in [1.165, 1.54) is 10.9 Å². The van der Waals surface area contributed by atoms with Gasteiger partial charge in [0.1, 0.15) is 0 Å².